The summed E-state index contributed by atoms with van der Waals surface area (Å²) in [6, 6.07) is 1.12. The van der Waals surface area contributed by atoms with Crippen LogP contribution in [0.5, 0.6) is 0 Å². The highest BCUT2D eigenvalue weighted by Gasteiger charge is 2.44. The summed E-state index contributed by atoms with van der Waals surface area (Å²) in [5.41, 5.74) is -3.84. The van der Waals surface area contributed by atoms with Gasteiger partial charge in [0, 0.05) is 5.88 Å². The average Bonchev–Trinajstić information content (AvgIpc) is 2.12. The Morgan fingerprint density at radius 3 is 1.82 bits per heavy atom. The molecule has 0 saturated carbocycles. The van der Waals surface area contributed by atoms with Crippen LogP contribution >= 0.6 is 23.2 Å². The Bertz CT molecular complexity index is 421. The minimum Gasteiger partial charge on any atom is -0.166 e. The molecule has 0 aliphatic carbocycles. The quantitative estimate of drug-likeness (QED) is 0.499. The minimum atomic E-state index is -5.17. The Hall–Kier alpha value is -0.620. The van der Waals surface area contributed by atoms with E-state index in [9.17, 15) is 26.3 Å². The van der Waals surface area contributed by atoms with E-state index >= 15 is 0 Å². The molecule has 0 atom stereocenters. The molecule has 1 aromatic carbocycles. The summed E-state index contributed by atoms with van der Waals surface area (Å²) < 4.78 is 74.8. The van der Waals surface area contributed by atoms with Crippen LogP contribution in [0.15, 0.2) is 12.1 Å². The van der Waals surface area contributed by atoms with Crippen molar-refractivity contribution in [2.24, 2.45) is 0 Å². The lowest BCUT2D eigenvalue weighted by Crippen LogP contribution is -2.17. The Morgan fingerprint density at radius 2 is 1.47 bits per heavy atom. The number of benzene rings is 1. The van der Waals surface area contributed by atoms with Crippen LogP contribution in [0.4, 0.5) is 26.3 Å². The van der Waals surface area contributed by atoms with E-state index in [-0.39, 0.29) is 11.4 Å². The van der Waals surface area contributed by atoms with E-state index in [0.717, 1.165) is 6.07 Å². The normalized spacial score (nSPS) is 12.9. The standard InChI is InChI=1S/C9H4Cl2F6/c10-3-4-1-5(8(12,13)14)7(6(11)2-4)9(15,16)17/h1-2H,3H2. The van der Waals surface area contributed by atoms with Gasteiger partial charge in [-0.15, -0.1) is 11.6 Å². The largest absolute Gasteiger partial charge is 0.418 e. The molecule has 0 N–H and O–H groups in total. The molecule has 1 rings (SSSR count). The highest BCUT2D eigenvalue weighted by Crippen LogP contribution is 2.44. The van der Waals surface area contributed by atoms with E-state index in [1.54, 1.807) is 0 Å². The Morgan fingerprint density at radius 1 is 0.941 bits per heavy atom. The van der Waals surface area contributed by atoms with Gasteiger partial charge >= 0.3 is 12.4 Å². The zero-order valence-electron chi connectivity index (χ0n) is 7.89. The monoisotopic (exact) mass is 296 g/mol. The lowest BCUT2D eigenvalue weighted by Gasteiger charge is -2.17. The van der Waals surface area contributed by atoms with Crippen molar-refractivity contribution in [3.63, 3.8) is 0 Å². The highest BCUT2D eigenvalue weighted by molar-refractivity contribution is 6.31. The topological polar surface area (TPSA) is 0 Å². The molecule has 0 bridgehead atoms. The van der Waals surface area contributed by atoms with Gasteiger partial charge in [-0.1, -0.05) is 11.6 Å². The maximum Gasteiger partial charge on any atom is 0.418 e. The second-order valence-electron chi connectivity index (χ2n) is 3.13. The molecular formula is C9H4Cl2F6. The molecule has 0 unspecified atom stereocenters. The molecule has 0 aliphatic heterocycles. The van der Waals surface area contributed by atoms with Gasteiger partial charge in [0.15, 0.2) is 0 Å². The maximum atomic E-state index is 12.5. The predicted octanol–water partition coefficient (Wildman–Crippen LogP) is 5.12. The van der Waals surface area contributed by atoms with Crippen molar-refractivity contribution in [3.8, 4) is 0 Å². The van der Waals surface area contributed by atoms with Crippen molar-refractivity contribution in [1.29, 1.82) is 0 Å². The third-order valence-electron chi connectivity index (χ3n) is 1.89. The second kappa shape index (κ2) is 4.57. The van der Waals surface area contributed by atoms with Gasteiger partial charge in [-0.05, 0) is 17.7 Å². The summed E-state index contributed by atoms with van der Waals surface area (Å²) in [5.74, 6) is -0.360. The van der Waals surface area contributed by atoms with Crippen LogP contribution < -0.4 is 0 Å². The van der Waals surface area contributed by atoms with E-state index in [4.69, 9.17) is 23.2 Å². The molecule has 0 saturated heterocycles. The Labute approximate surface area is 102 Å². The van der Waals surface area contributed by atoms with Crippen molar-refractivity contribution in [2.75, 3.05) is 0 Å². The van der Waals surface area contributed by atoms with Crippen LogP contribution in [-0.4, -0.2) is 0 Å². The summed E-state index contributed by atoms with van der Waals surface area (Å²) in [6.07, 6.45) is -10.3. The average molecular weight is 297 g/mol. The summed E-state index contributed by atoms with van der Waals surface area (Å²) in [6.45, 7) is 0. The van der Waals surface area contributed by atoms with Gasteiger partial charge in [0.25, 0.3) is 0 Å². The number of halogens is 8. The first-order chi connectivity index (χ1) is 7.57. The number of hydrogen-bond donors (Lipinski definition) is 0. The van der Waals surface area contributed by atoms with Gasteiger partial charge in [-0.3, -0.25) is 0 Å². The molecule has 0 amide bonds. The van der Waals surface area contributed by atoms with Gasteiger partial charge in [-0.25, -0.2) is 0 Å². The first-order valence-electron chi connectivity index (χ1n) is 4.10. The molecule has 0 fully saturated rings. The summed E-state index contributed by atoms with van der Waals surface area (Å²) in [7, 11) is 0. The summed E-state index contributed by atoms with van der Waals surface area (Å²) in [4.78, 5) is 0. The fraction of sp³-hybridized carbons (Fsp3) is 0.333. The van der Waals surface area contributed by atoms with Crippen molar-refractivity contribution >= 4 is 23.2 Å². The first kappa shape index (κ1) is 14.4. The van der Waals surface area contributed by atoms with Crippen LogP contribution in [0.1, 0.15) is 16.7 Å². The lowest BCUT2D eigenvalue weighted by atomic mass is 10.0. The van der Waals surface area contributed by atoms with Crippen molar-refractivity contribution < 1.29 is 26.3 Å². The molecule has 8 heteroatoms. The van der Waals surface area contributed by atoms with Crippen molar-refractivity contribution in [2.45, 2.75) is 18.2 Å². The van der Waals surface area contributed by atoms with Gasteiger partial charge < -0.3 is 0 Å². The number of hydrogen-bond acceptors (Lipinski definition) is 0. The number of alkyl halides is 7. The molecule has 17 heavy (non-hydrogen) atoms. The van der Waals surface area contributed by atoms with E-state index in [2.05, 4.69) is 0 Å². The van der Waals surface area contributed by atoms with Crippen LogP contribution in [0.3, 0.4) is 0 Å². The smallest absolute Gasteiger partial charge is 0.166 e. The lowest BCUT2D eigenvalue weighted by molar-refractivity contribution is -0.162. The third-order valence-corrected chi connectivity index (χ3v) is 2.50. The van der Waals surface area contributed by atoms with Crippen LogP contribution in [0, 0.1) is 0 Å². The maximum absolute atomic E-state index is 12.5. The molecule has 1 aromatic rings. The van der Waals surface area contributed by atoms with E-state index in [1.165, 1.54) is 0 Å². The minimum absolute atomic E-state index is 0.128. The van der Waals surface area contributed by atoms with E-state index < -0.39 is 28.5 Å². The predicted molar refractivity (Wildman–Crippen MR) is 51.0 cm³/mol. The Balaban J connectivity index is 3.58. The zero-order chi connectivity index (χ0) is 13.4. The fourth-order valence-electron chi connectivity index (χ4n) is 1.25. The fourth-order valence-corrected chi connectivity index (χ4v) is 1.76. The molecule has 96 valence electrons. The van der Waals surface area contributed by atoms with Crippen molar-refractivity contribution in [1.82, 2.24) is 0 Å². The van der Waals surface area contributed by atoms with Gasteiger partial charge in [0.2, 0.25) is 0 Å². The van der Waals surface area contributed by atoms with Crippen molar-refractivity contribution in [3.05, 3.63) is 33.8 Å². The molecule has 0 heterocycles. The molecular weight excluding hydrogens is 293 g/mol. The van der Waals surface area contributed by atoms with Gasteiger partial charge in [0.1, 0.15) is 0 Å². The molecule has 0 aliphatic rings. The highest BCUT2D eigenvalue weighted by atomic mass is 35.5. The zero-order valence-corrected chi connectivity index (χ0v) is 9.40. The molecule has 0 spiro atoms. The van der Waals surface area contributed by atoms with Gasteiger partial charge in [-0.2, -0.15) is 26.3 Å². The molecule has 0 radical (unpaired) electrons. The third kappa shape index (κ3) is 3.19. The SMILES string of the molecule is FC(F)(F)c1cc(CCl)cc(Cl)c1C(F)(F)F. The van der Waals surface area contributed by atoms with E-state index in [1.807, 2.05) is 0 Å². The summed E-state index contributed by atoms with van der Waals surface area (Å²) in [5, 5.41) is -1.01. The summed E-state index contributed by atoms with van der Waals surface area (Å²) >= 11 is 10.5. The van der Waals surface area contributed by atoms with Crippen LogP contribution in [-0.2, 0) is 18.2 Å². The Kier molecular flexibility index (Phi) is 3.88. The van der Waals surface area contributed by atoms with Crippen LogP contribution in [0.25, 0.3) is 0 Å². The van der Waals surface area contributed by atoms with Crippen LogP contribution in [0.2, 0.25) is 5.02 Å². The first-order valence-corrected chi connectivity index (χ1v) is 5.01. The number of rotatable bonds is 1. The molecule has 0 nitrogen and oxygen atoms in total. The second-order valence-corrected chi connectivity index (χ2v) is 3.80. The molecule has 0 aromatic heterocycles. The van der Waals surface area contributed by atoms with Gasteiger partial charge in [0.05, 0.1) is 16.1 Å². The van der Waals surface area contributed by atoms with E-state index in [0.29, 0.717) is 6.07 Å².